The summed E-state index contributed by atoms with van der Waals surface area (Å²) in [6.07, 6.45) is 0.993. The number of carboxylic acids is 2. The molecule has 0 aliphatic rings. The SMILES string of the molecule is CCCc1c2oc(C(=O)O)cc(=O)c2cc2c(=O)cc(C(=O)O)n(CC)c12.[H-].[H-].[Mg+2]. The third kappa shape index (κ3) is 3.42. The van der Waals surface area contributed by atoms with Crippen LogP contribution in [0.2, 0.25) is 0 Å². The zero-order chi connectivity index (χ0) is 19.9. The summed E-state index contributed by atoms with van der Waals surface area (Å²) in [5.74, 6) is -3.15. The molecule has 3 rings (SSSR count). The fraction of sp³-hybridized carbons (Fsp3) is 0.263. The van der Waals surface area contributed by atoms with Gasteiger partial charge >= 0.3 is 35.0 Å². The number of carbonyl (C=O) groups is 2. The summed E-state index contributed by atoms with van der Waals surface area (Å²) in [4.78, 5) is 47.9. The molecule has 2 heterocycles. The topological polar surface area (TPSA) is 127 Å². The average Bonchev–Trinajstić information content (AvgIpc) is 2.62. The van der Waals surface area contributed by atoms with E-state index in [1.165, 1.54) is 10.6 Å². The van der Waals surface area contributed by atoms with Crippen molar-refractivity contribution in [1.82, 2.24) is 4.57 Å². The minimum atomic E-state index is -1.39. The van der Waals surface area contributed by atoms with Crippen LogP contribution in [0.5, 0.6) is 0 Å². The van der Waals surface area contributed by atoms with Gasteiger partial charge in [0.15, 0.2) is 10.9 Å². The second-order valence-corrected chi connectivity index (χ2v) is 6.10. The maximum Gasteiger partial charge on any atom is 2.00 e. The first-order valence-corrected chi connectivity index (χ1v) is 8.44. The van der Waals surface area contributed by atoms with Crippen molar-refractivity contribution in [3.63, 3.8) is 0 Å². The van der Waals surface area contributed by atoms with E-state index in [1.807, 2.05) is 6.92 Å². The van der Waals surface area contributed by atoms with E-state index < -0.39 is 28.6 Å². The van der Waals surface area contributed by atoms with E-state index in [4.69, 9.17) is 4.42 Å². The Morgan fingerprint density at radius 1 is 1.04 bits per heavy atom. The number of benzene rings is 1. The minimum Gasteiger partial charge on any atom is -1.00 e. The number of aromatic nitrogens is 1. The van der Waals surface area contributed by atoms with Gasteiger partial charge in [-0.25, -0.2) is 9.59 Å². The number of aromatic carboxylic acids is 2. The Morgan fingerprint density at radius 3 is 2.21 bits per heavy atom. The molecule has 9 heteroatoms. The number of hydrogen-bond donors (Lipinski definition) is 2. The van der Waals surface area contributed by atoms with Crippen LogP contribution in [0.15, 0.2) is 32.2 Å². The number of fused-ring (bicyclic) bond motifs is 2. The molecule has 2 aromatic heterocycles. The molecule has 0 spiro atoms. The summed E-state index contributed by atoms with van der Waals surface area (Å²) in [6.45, 7) is 3.88. The molecule has 3 aromatic rings. The Morgan fingerprint density at radius 2 is 1.68 bits per heavy atom. The van der Waals surface area contributed by atoms with Crippen molar-refractivity contribution in [3.05, 3.63) is 55.7 Å². The maximum atomic E-state index is 12.6. The zero-order valence-electron chi connectivity index (χ0n) is 17.4. The zero-order valence-corrected chi connectivity index (χ0v) is 16.9. The molecule has 0 radical (unpaired) electrons. The van der Waals surface area contributed by atoms with E-state index in [9.17, 15) is 29.4 Å². The molecule has 0 atom stereocenters. The normalized spacial score (nSPS) is 10.8. The second kappa shape index (κ2) is 8.15. The molecule has 1 aromatic carbocycles. The van der Waals surface area contributed by atoms with Crippen LogP contribution in [-0.4, -0.2) is 49.8 Å². The molecule has 0 bridgehead atoms. The maximum absolute atomic E-state index is 12.6. The minimum absolute atomic E-state index is 0. The molecule has 0 unspecified atom stereocenters. The van der Waals surface area contributed by atoms with Gasteiger partial charge in [0.2, 0.25) is 5.76 Å². The van der Waals surface area contributed by atoms with E-state index in [0.29, 0.717) is 23.9 Å². The van der Waals surface area contributed by atoms with Crippen molar-refractivity contribution in [2.75, 3.05) is 0 Å². The van der Waals surface area contributed by atoms with Crippen LogP contribution in [-0.2, 0) is 13.0 Å². The first kappa shape index (κ1) is 21.6. The molecular weight excluding hydrogens is 379 g/mol. The summed E-state index contributed by atoms with van der Waals surface area (Å²) in [5.41, 5.74) is -0.401. The molecule has 2 N–H and O–H groups in total. The van der Waals surface area contributed by atoms with Gasteiger partial charge in [0.1, 0.15) is 11.3 Å². The van der Waals surface area contributed by atoms with E-state index in [-0.39, 0.29) is 54.5 Å². The van der Waals surface area contributed by atoms with Crippen molar-refractivity contribution >= 4 is 56.9 Å². The molecule has 144 valence electrons. The fourth-order valence-corrected chi connectivity index (χ4v) is 3.34. The predicted octanol–water partition coefficient (Wildman–Crippen LogP) is 2.32. The fourth-order valence-electron chi connectivity index (χ4n) is 3.34. The van der Waals surface area contributed by atoms with Crippen molar-refractivity contribution in [1.29, 1.82) is 0 Å². The summed E-state index contributed by atoms with van der Waals surface area (Å²) >= 11 is 0. The van der Waals surface area contributed by atoms with Crippen molar-refractivity contribution in [3.8, 4) is 0 Å². The summed E-state index contributed by atoms with van der Waals surface area (Å²) in [5, 5.41) is 19.0. The first-order chi connectivity index (χ1) is 12.8. The summed E-state index contributed by atoms with van der Waals surface area (Å²) in [6, 6.07) is 3.25. The predicted molar refractivity (Wildman–Crippen MR) is 106 cm³/mol. The van der Waals surface area contributed by atoms with Gasteiger partial charge in [0, 0.05) is 29.6 Å². The van der Waals surface area contributed by atoms with E-state index in [1.54, 1.807) is 6.92 Å². The van der Waals surface area contributed by atoms with Crippen LogP contribution >= 0.6 is 0 Å². The van der Waals surface area contributed by atoms with E-state index in [2.05, 4.69) is 0 Å². The molecule has 0 amide bonds. The number of pyridine rings is 1. The van der Waals surface area contributed by atoms with Gasteiger partial charge in [-0.2, -0.15) is 0 Å². The van der Waals surface area contributed by atoms with Gasteiger partial charge in [-0.15, -0.1) is 0 Å². The molecule has 8 nitrogen and oxygen atoms in total. The van der Waals surface area contributed by atoms with Crippen LogP contribution in [0.4, 0.5) is 0 Å². The second-order valence-electron chi connectivity index (χ2n) is 6.10. The standard InChI is InChI=1S/C19H17NO7.Mg.2H/c1-3-5-9-16-10(13(21)7-12(18(23)24)20(16)4-2)6-11-14(22)8-15(19(25)26)27-17(9)11;;;/h6-8H,3-5H2,1-2H3,(H,23,24)(H,25,26);;;/q;+2;2*-1. The quantitative estimate of drug-likeness (QED) is 0.499. The molecule has 0 aliphatic heterocycles. The van der Waals surface area contributed by atoms with Crippen molar-refractivity contribution in [2.24, 2.45) is 0 Å². The number of aryl methyl sites for hydroxylation is 2. The van der Waals surface area contributed by atoms with Crippen molar-refractivity contribution < 1.29 is 27.1 Å². The van der Waals surface area contributed by atoms with Gasteiger partial charge in [-0.1, -0.05) is 13.3 Å². The molecular formula is C19H19MgNO7. The van der Waals surface area contributed by atoms with E-state index in [0.717, 1.165) is 12.1 Å². The Bertz CT molecular complexity index is 1230. The van der Waals surface area contributed by atoms with Gasteiger partial charge in [0.25, 0.3) is 0 Å². The third-order valence-corrected chi connectivity index (χ3v) is 4.43. The first-order valence-electron chi connectivity index (χ1n) is 8.44. The monoisotopic (exact) mass is 397 g/mol. The van der Waals surface area contributed by atoms with Gasteiger partial charge in [-0.3, -0.25) is 9.59 Å². The molecule has 0 aliphatic carbocycles. The van der Waals surface area contributed by atoms with Crippen LogP contribution in [0, 0.1) is 0 Å². The number of hydrogen-bond acceptors (Lipinski definition) is 5. The van der Waals surface area contributed by atoms with Gasteiger partial charge < -0.3 is 22.1 Å². The summed E-state index contributed by atoms with van der Waals surface area (Å²) < 4.78 is 6.94. The Hall–Kier alpha value is -2.65. The van der Waals surface area contributed by atoms with Crippen molar-refractivity contribution in [2.45, 2.75) is 33.2 Å². The average molecular weight is 398 g/mol. The smallest absolute Gasteiger partial charge is 1.00 e. The van der Waals surface area contributed by atoms with Crippen LogP contribution in [0.25, 0.3) is 21.9 Å². The Labute approximate surface area is 177 Å². The third-order valence-electron chi connectivity index (χ3n) is 4.43. The molecule has 0 fully saturated rings. The number of rotatable bonds is 5. The molecule has 0 saturated carbocycles. The van der Waals surface area contributed by atoms with Crippen LogP contribution in [0.3, 0.4) is 0 Å². The van der Waals surface area contributed by atoms with Crippen LogP contribution in [0.1, 0.15) is 49.7 Å². The van der Waals surface area contributed by atoms with E-state index >= 15 is 0 Å². The van der Waals surface area contributed by atoms with Crippen LogP contribution < -0.4 is 10.9 Å². The molecule has 0 saturated heterocycles. The molecule has 28 heavy (non-hydrogen) atoms. The largest absolute Gasteiger partial charge is 2.00 e. The van der Waals surface area contributed by atoms with Gasteiger partial charge in [0.05, 0.1) is 10.9 Å². The van der Waals surface area contributed by atoms with Gasteiger partial charge in [-0.05, 0) is 19.4 Å². The number of carboxylic acid groups (broad SMARTS) is 2. The Balaban J connectivity index is 0.00000280. The Kier molecular flexibility index (Phi) is 6.30. The summed E-state index contributed by atoms with van der Waals surface area (Å²) in [7, 11) is 0. The number of nitrogens with zero attached hydrogens (tertiary/aromatic N) is 1.